The van der Waals surface area contributed by atoms with Gasteiger partial charge in [-0.15, -0.1) is 0 Å². The van der Waals surface area contributed by atoms with Gasteiger partial charge >= 0.3 is 0 Å². The summed E-state index contributed by atoms with van der Waals surface area (Å²) in [5.74, 6) is 1.04. The Kier molecular flexibility index (Phi) is 6.17. The van der Waals surface area contributed by atoms with Gasteiger partial charge in [0, 0.05) is 42.7 Å². The predicted molar refractivity (Wildman–Crippen MR) is 131 cm³/mol. The summed E-state index contributed by atoms with van der Waals surface area (Å²) in [5, 5.41) is 6.96. The summed E-state index contributed by atoms with van der Waals surface area (Å²) in [6, 6.07) is 12.8. The zero-order chi connectivity index (χ0) is 23.8. The summed E-state index contributed by atoms with van der Waals surface area (Å²) >= 11 is 0. The van der Waals surface area contributed by atoms with E-state index >= 15 is 0 Å². The van der Waals surface area contributed by atoms with E-state index in [1.807, 2.05) is 36.7 Å². The highest BCUT2D eigenvalue weighted by atomic mass is 32.2. The van der Waals surface area contributed by atoms with E-state index in [4.69, 9.17) is 0 Å². The van der Waals surface area contributed by atoms with E-state index in [0.717, 1.165) is 33.5 Å². The lowest BCUT2D eigenvalue weighted by molar-refractivity contribution is 0.601. The number of imidazole rings is 1. The van der Waals surface area contributed by atoms with Crippen LogP contribution in [0.5, 0.6) is 0 Å². The largest absolute Gasteiger partial charge is 0.340 e. The Morgan fingerprint density at radius 2 is 1.73 bits per heavy atom. The van der Waals surface area contributed by atoms with Crippen molar-refractivity contribution < 1.29 is 12.6 Å². The van der Waals surface area contributed by atoms with Crippen molar-refractivity contribution in [3.05, 3.63) is 59.8 Å². The molecule has 0 spiro atoms. The molecule has 2 N–H and O–H groups in total. The van der Waals surface area contributed by atoms with Gasteiger partial charge in [-0.2, -0.15) is 4.98 Å². The fraction of sp³-hybridized carbons (Fsp3) is 0.227. The quantitative estimate of drug-likeness (QED) is 0.409. The maximum Gasteiger partial charge on any atom is 0.229 e. The standard InChI is InChI=1S/C22H24N6O3S2/c1-14-12-23-21(25-16-7-5-15(6-8-16)13-33(4,30)31)27-20(14)24-17-9-10-19-18(11-17)26-22(28(19)2)32(3)29/h5-12H,13H2,1-4H3,(H2,23,24,25,27). The number of nitrogens with one attached hydrogen (secondary N) is 2. The predicted octanol–water partition coefficient (Wildman–Crippen LogP) is 3.44. The van der Waals surface area contributed by atoms with E-state index in [1.165, 1.54) is 6.26 Å². The molecule has 0 radical (unpaired) electrons. The van der Waals surface area contributed by atoms with Gasteiger partial charge in [0.1, 0.15) is 5.82 Å². The molecule has 9 nitrogen and oxygen atoms in total. The average Bonchev–Trinajstić information content (AvgIpc) is 3.07. The molecule has 2 heterocycles. The first-order chi connectivity index (χ1) is 15.6. The number of nitrogens with zero attached hydrogens (tertiary/aromatic N) is 4. The number of benzene rings is 2. The van der Waals surface area contributed by atoms with Crippen molar-refractivity contribution in [3.8, 4) is 0 Å². The second kappa shape index (κ2) is 8.91. The Balaban J connectivity index is 1.54. The summed E-state index contributed by atoms with van der Waals surface area (Å²) in [7, 11) is -2.41. The van der Waals surface area contributed by atoms with Crippen molar-refractivity contribution in [1.29, 1.82) is 0 Å². The van der Waals surface area contributed by atoms with E-state index < -0.39 is 20.6 Å². The Bertz CT molecular complexity index is 1460. The van der Waals surface area contributed by atoms with Gasteiger partial charge in [-0.25, -0.2) is 18.4 Å². The lowest BCUT2D eigenvalue weighted by Crippen LogP contribution is -2.03. The van der Waals surface area contributed by atoms with Crippen molar-refractivity contribution in [1.82, 2.24) is 19.5 Å². The number of hydrogen-bond donors (Lipinski definition) is 2. The minimum atomic E-state index is -3.08. The maximum atomic E-state index is 11.9. The summed E-state index contributed by atoms with van der Waals surface area (Å²) in [6.45, 7) is 1.91. The van der Waals surface area contributed by atoms with E-state index in [1.54, 1.807) is 36.7 Å². The molecule has 0 aliphatic carbocycles. The number of aromatic nitrogens is 4. The zero-order valence-corrected chi connectivity index (χ0v) is 20.3. The molecule has 4 aromatic rings. The minimum Gasteiger partial charge on any atom is -0.340 e. The van der Waals surface area contributed by atoms with Crippen LogP contribution >= 0.6 is 0 Å². The fourth-order valence-electron chi connectivity index (χ4n) is 3.39. The number of fused-ring (bicyclic) bond motifs is 1. The van der Waals surface area contributed by atoms with Crippen LogP contribution in [-0.4, -0.2) is 44.7 Å². The highest BCUT2D eigenvalue weighted by Gasteiger charge is 2.12. The van der Waals surface area contributed by atoms with Gasteiger partial charge in [-0.05, 0) is 42.8 Å². The van der Waals surface area contributed by atoms with E-state index in [9.17, 15) is 12.6 Å². The average molecular weight is 485 g/mol. The minimum absolute atomic E-state index is 0.00133. The maximum absolute atomic E-state index is 11.9. The Morgan fingerprint density at radius 3 is 2.39 bits per heavy atom. The normalized spacial score (nSPS) is 12.6. The van der Waals surface area contributed by atoms with Gasteiger partial charge in [0.25, 0.3) is 0 Å². The number of hydrogen-bond acceptors (Lipinski definition) is 8. The first kappa shape index (κ1) is 22.9. The lowest BCUT2D eigenvalue weighted by Gasteiger charge is -2.11. The van der Waals surface area contributed by atoms with Crippen LogP contribution in [0.25, 0.3) is 11.0 Å². The number of aryl methyl sites for hydroxylation is 2. The zero-order valence-electron chi connectivity index (χ0n) is 18.7. The molecule has 0 aliphatic heterocycles. The molecule has 0 fully saturated rings. The molecule has 33 heavy (non-hydrogen) atoms. The van der Waals surface area contributed by atoms with Gasteiger partial charge in [0.05, 0.1) is 27.6 Å². The van der Waals surface area contributed by atoms with Gasteiger partial charge < -0.3 is 15.2 Å². The topological polar surface area (TPSA) is 119 Å². The number of sulfone groups is 1. The third-order valence-electron chi connectivity index (χ3n) is 4.97. The second-order valence-electron chi connectivity index (χ2n) is 7.85. The summed E-state index contributed by atoms with van der Waals surface area (Å²) < 4.78 is 36.6. The Morgan fingerprint density at radius 1 is 1.03 bits per heavy atom. The molecule has 1 atom stereocenters. The molecule has 4 rings (SSSR count). The molecule has 0 bridgehead atoms. The highest BCUT2D eigenvalue weighted by molar-refractivity contribution is 7.89. The molecule has 11 heteroatoms. The van der Waals surface area contributed by atoms with Crippen LogP contribution in [0.3, 0.4) is 0 Å². The number of anilines is 4. The van der Waals surface area contributed by atoms with Crippen LogP contribution in [0.4, 0.5) is 23.1 Å². The molecule has 1 unspecified atom stereocenters. The summed E-state index contributed by atoms with van der Waals surface area (Å²) in [4.78, 5) is 13.4. The fourth-order valence-corrected chi connectivity index (χ4v) is 4.90. The molecule has 172 valence electrons. The summed E-state index contributed by atoms with van der Waals surface area (Å²) in [5.41, 5.74) is 4.76. The molecular formula is C22H24N6O3S2. The van der Waals surface area contributed by atoms with Gasteiger partial charge in [-0.1, -0.05) is 12.1 Å². The second-order valence-corrected chi connectivity index (χ2v) is 11.3. The first-order valence-corrected chi connectivity index (χ1v) is 13.7. The molecular weight excluding hydrogens is 460 g/mol. The van der Waals surface area contributed by atoms with Crippen LogP contribution < -0.4 is 10.6 Å². The van der Waals surface area contributed by atoms with Crippen molar-refractivity contribution in [2.45, 2.75) is 17.8 Å². The molecule has 0 saturated carbocycles. The monoisotopic (exact) mass is 484 g/mol. The van der Waals surface area contributed by atoms with Crippen LogP contribution in [0.2, 0.25) is 0 Å². The third-order valence-corrected chi connectivity index (χ3v) is 6.71. The Labute approximate surface area is 194 Å². The van der Waals surface area contributed by atoms with Crippen LogP contribution in [0, 0.1) is 6.92 Å². The van der Waals surface area contributed by atoms with Gasteiger partial charge in [0.2, 0.25) is 5.95 Å². The first-order valence-electron chi connectivity index (χ1n) is 10.0. The molecule has 2 aromatic carbocycles. The highest BCUT2D eigenvalue weighted by Crippen LogP contribution is 2.25. The molecule has 2 aromatic heterocycles. The summed E-state index contributed by atoms with van der Waals surface area (Å²) in [6.07, 6.45) is 4.54. The van der Waals surface area contributed by atoms with Gasteiger partial charge in [-0.3, -0.25) is 4.21 Å². The molecule has 0 aliphatic rings. The van der Waals surface area contributed by atoms with Crippen LogP contribution in [0.1, 0.15) is 11.1 Å². The van der Waals surface area contributed by atoms with Crippen molar-refractivity contribution in [2.75, 3.05) is 23.1 Å². The lowest BCUT2D eigenvalue weighted by atomic mass is 10.2. The van der Waals surface area contributed by atoms with Crippen molar-refractivity contribution in [2.24, 2.45) is 7.05 Å². The molecule has 0 saturated heterocycles. The SMILES string of the molecule is Cc1cnc(Nc2ccc(CS(C)(=O)=O)cc2)nc1Nc1ccc2c(c1)nc(S(C)=O)n2C. The van der Waals surface area contributed by atoms with Gasteiger partial charge in [0.15, 0.2) is 15.0 Å². The smallest absolute Gasteiger partial charge is 0.229 e. The Hall–Kier alpha value is -3.31. The van der Waals surface area contributed by atoms with Crippen molar-refractivity contribution >= 4 is 54.8 Å². The van der Waals surface area contributed by atoms with E-state index in [-0.39, 0.29) is 5.75 Å². The van der Waals surface area contributed by atoms with Crippen LogP contribution in [0.15, 0.2) is 53.8 Å². The van der Waals surface area contributed by atoms with E-state index in [2.05, 4.69) is 25.6 Å². The van der Waals surface area contributed by atoms with Crippen LogP contribution in [-0.2, 0) is 33.4 Å². The third kappa shape index (κ3) is 5.37. The van der Waals surface area contributed by atoms with Crippen molar-refractivity contribution in [3.63, 3.8) is 0 Å². The van der Waals surface area contributed by atoms with E-state index in [0.29, 0.717) is 16.9 Å². The molecule has 0 amide bonds. The number of rotatable bonds is 7.